The van der Waals surface area contributed by atoms with Crippen LogP contribution >= 0.6 is 12.6 Å². The van der Waals surface area contributed by atoms with Crippen molar-refractivity contribution in [2.24, 2.45) is 7.05 Å². The molecule has 0 amide bonds. The lowest BCUT2D eigenvalue weighted by Gasteiger charge is -2.17. The number of nitrogens with zero attached hydrogens (tertiary/aromatic N) is 4. The van der Waals surface area contributed by atoms with Crippen molar-refractivity contribution in [2.45, 2.75) is 49.0 Å². The lowest BCUT2D eigenvalue weighted by atomic mass is 10.0. The summed E-state index contributed by atoms with van der Waals surface area (Å²) in [6, 6.07) is 12.1. The van der Waals surface area contributed by atoms with Gasteiger partial charge in [-0.05, 0) is 83.3 Å². The molecule has 0 atom stereocenters. The van der Waals surface area contributed by atoms with E-state index in [9.17, 15) is 4.79 Å². The molecule has 6 nitrogen and oxygen atoms in total. The van der Waals surface area contributed by atoms with Gasteiger partial charge in [-0.3, -0.25) is 0 Å². The molecular formula is C21H22N4O2S. The highest BCUT2D eigenvalue weighted by molar-refractivity contribution is 7.80. The number of thiol groups is 1. The van der Waals surface area contributed by atoms with Gasteiger partial charge in [0, 0.05) is 17.5 Å². The minimum Gasteiger partial charge on any atom is -0.489 e. The maximum absolute atomic E-state index is 12.4. The third-order valence-corrected chi connectivity index (χ3v) is 5.82. The molecule has 2 aliphatic carbocycles. The molecular weight excluding hydrogens is 372 g/mol. The molecule has 28 heavy (non-hydrogen) atoms. The van der Waals surface area contributed by atoms with Gasteiger partial charge in [0.05, 0.1) is 5.69 Å². The smallest absolute Gasteiger partial charge is 0.368 e. The van der Waals surface area contributed by atoms with Crippen molar-refractivity contribution in [3.05, 3.63) is 63.6 Å². The quantitative estimate of drug-likeness (QED) is 0.649. The van der Waals surface area contributed by atoms with Gasteiger partial charge in [-0.2, -0.15) is 9.36 Å². The van der Waals surface area contributed by atoms with Crippen LogP contribution in [0.3, 0.4) is 0 Å². The van der Waals surface area contributed by atoms with Crippen LogP contribution in [-0.2, 0) is 13.7 Å². The van der Waals surface area contributed by atoms with Gasteiger partial charge in [0.25, 0.3) is 0 Å². The van der Waals surface area contributed by atoms with E-state index in [1.165, 1.54) is 46.2 Å². The topological polar surface area (TPSA) is 61.9 Å². The highest BCUT2D eigenvalue weighted by atomic mass is 32.1. The Labute approximate surface area is 168 Å². The number of tetrazole rings is 1. The molecule has 2 saturated carbocycles. The van der Waals surface area contributed by atoms with Crippen LogP contribution in [0.5, 0.6) is 5.75 Å². The minimum absolute atomic E-state index is 0.257. The molecule has 0 radical (unpaired) electrons. The van der Waals surface area contributed by atoms with E-state index in [2.05, 4.69) is 35.2 Å². The normalized spacial score (nSPS) is 16.4. The number of aryl methyl sites for hydroxylation is 1. The van der Waals surface area contributed by atoms with Crippen molar-refractivity contribution in [2.75, 3.05) is 0 Å². The van der Waals surface area contributed by atoms with Gasteiger partial charge in [0.2, 0.25) is 0 Å². The fourth-order valence-corrected chi connectivity index (χ4v) is 3.93. The molecule has 0 unspecified atom stereocenters. The lowest BCUT2D eigenvalue weighted by Crippen LogP contribution is -2.23. The van der Waals surface area contributed by atoms with Crippen LogP contribution in [-0.4, -0.2) is 19.8 Å². The van der Waals surface area contributed by atoms with E-state index >= 15 is 0 Å². The summed E-state index contributed by atoms with van der Waals surface area (Å²) in [7, 11) is 1.60. The number of hydrogen-bond acceptors (Lipinski definition) is 5. The van der Waals surface area contributed by atoms with Crippen molar-refractivity contribution in [3.63, 3.8) is 0 Å². The summed E-state index contributed by atoms with van der Waals surface area (Å²) in [6.07, 6.45) is 4.75. The second kappa shape index (κ2) is 6.81. The van der Waals surface area contributed by atoms with Crippen molar-refractivity contribution < 1.29 is 4.74 Å². The standard InChI is InChI=1S/C21H22N4O2S/c1-24-21(26)25(23-22-24)19-4-2-3-16(13-5-6-13)18(19)12-27-20-10-9-15(28)11-17(20)14-7-8-14/h2-4,9-11,13-14,28H,5-8,12H2,1H3. The van der Waals surface area contributed by atoms with E-state index in [0.29, 0.717) is 18.4 Å². The Morgan fingerprint density at radius 2 is 1.82 bits per heavy atom. The molecule has 1 aromatic heterocycles. The monoisotopic (exact) mass is 394 g/mol. The fraction of sp³-hybridized carbons (Fsp3) is 0.381. The highest BCUT2D eigenvalue weighted by Crippen LogP contribution is 2.46. The maximum Gasteiger partial charge on any atom is 0.368 e. The van der Waals surface area contributed by atoms with Crippen molar-refractivity contribution >= 4 is 12.6 Å². The van der Waals surface area contributed by atoms with Crippen molar-refractivity contribution in [3.8, 4) is 11.4 Å². The molecule has 2 fully saturated rings. The Hall–Kier alpha value is -2.54. The third kappa shape index (κ3) is 3.24. The second-order valence-corrected chi connectivity index (χ2v) is 8.22. The van der Waals surface area contributed by atoms with Crippen LogP contribution in [0.4, 0.5) is 0 Å². The van der Waals surface area contributed by atoms with E-state index in [1.807, 2.05) is 24.3 Å². The summed E-state index contributed by atoms with van der Waals surface area (Å²) in [5, 5.41) is 7.91. The molecule has 2 aromatic carbocycles. The van der Waals surface area contributed by atoms with Gasteiger partial charge >= 0.3 is 5.69 Å². The van der Waals surface area contributed by atoms with E-state index in [0.717, 1.165) is 21.9 Å². The molecule has 2 aliphatic rings. The number of aromatic nitrogens is 4. The molecule has 7 heteroatoms. The van der Waals surface area contributed by atoms with Crippen molar-refractivity contribution in [1.82, 2.24) is 19.8 Å². The number of rotatable bonds is 6. The van der Waals surface area contributed by atoms with Gasteiger partial charge in [-0.25, -0.2) is 4.79 Å². The molecule has 1 heterocycles. The number of benzene rings is 2. The predicted octanol–water partition coefficient (Wildman–Crippen LogP) is 3.59. The van der Waals surface area contributed by atoms with Gasteiger partial charge in [-0.15, -0.1) is 12.6 Å². The van der Waals surface area contributed by atoms with Crippen LogP contribution < -0.4 is 10.4 Å². The summed E-state index contributed by atoms with van der Waals surface area (Å²) in [4.78, 5) is 13.4. The molecule has 0 spiro atoms. The zero-order chi connectivity index (χ0) is 19.3. The SMILES string of the molecule is Cn1nnn(-c2cccc(C3CC3)c2COc2ccc(S)cc2C2CC2)c1=O. The van der Waals surface area contributed by atoms with E-state index in [-0.39, 0.29) is 5.69 Å². The van der Waals surface area contributed by atoms with Gasteiger partial charge in [0.15, 0.2) is 0 Å². The zero-order valence-electron chi connectivity index (χ0n) is 15.7. The second-order valence-electron chi connectivity index (χ2n) is 7.70. The molecule has 144 valence electrons. The molecule has 5 rings (SSSR count). The Kier molecular flexibility index (Phi) is 4.27. The third-order valence-electron chi connectivity index (χ3n) is 5.54. The summed E-state index contributed by atoms with van der Waals surface area (Å²) >= 11 is 4.48. The highest BCUT2D eigenvalue weighted by Gasteiger charge is 2.30. The summed E-state index contributed by atoms with van der Waals surface area (Å²) < 4.78 is 8.91. The van der Waals surface area contributed by atoms with Crippen LogP contribution in [0.2, 0.25) is 0 Å². The molecule has 0 aliphatic heterocycles. The first-order chi connectivity index (χ1) is 13.6. The van der Waals surface area contributed by atoms with E-state index in [4.69, 9.17) is 4.74 Å². The summed E-state index contributed by atoms with van der Waals surface area (Å²) in [5.41, 5.74) is 3.99. The number of hydrogen-bond donors (Lipinski definition) is 1. The van der Waals surface area contributed by atoms with Gasteiger partial charge in [-0.1, -0.05) is 12.1 Å². The van der Waals surface area contributed by atoms with Crippen LogP contribution in [0, 0.1) is 0 Å². The largest absolute Gasteiger partial charge is 0.489 e. The van der Waals surface area contributed by atoms with E-state index in [1.54, 1.807) is 7.05 Å². The first kappa shape index (κ1) is 17.6. The Morgan fingerprint density at radius 1 is 1.07 bits per heavy atom. The van der Waals surface area contributed by atoms with Crippen LogP contribution in [0.25, 0.3) is 5.69 Å². The number of ether oxygens (including phenoxy) is 1. The minimum atomic E-state index is -0.257. The van der Waals surface area contributed by atoms with Crippen LogP contribution in [0.1, 0.15) is 54.2 Å². The average molecular weight is 395 g/mol. The Morgan fingerprint density at radius 3 is 2.50 bits per heavy atom. The summed E-state index contributed by atoms with van der Waals surface area (Å²) in [6.45, 7) is 0.399. The molecule has 0 N–H and O–H groups in total. The Bertz CT molecular complexity index is 1100. The predicted molar refractivity (Wildman–Crippen MR) is 109 cm³/mol. The maximum atomic E-state index is 12.4. The molecule has 0 bridgehead atoms. The average Bonchev–Trinajstić information content (AvgIpc) is 3.61. The summed E-state index contributed by atoms with van der Waals surface area (Å²) in [5.74, 6) is 2.01. The first-order valence-electron chi connectivity index (χ1n) is 9.68. The molecule has 3 aromatic rings. The van der Waals surface area contributed by atoms with E-state index < -0.39 is 0 Å². The van der Waals surface area contributed by atoms with Crippen molar-refractivity contribution in [1.29, 1.82) is 0 Å². The molecule has 0 saturated heterocycles. The fourth-order valence-electron chi connectivity index (χ4n) is 3.72. The zero-order valence-corrected chi connectivity index (χ0v) is 16.6. The first-order valence-corrected chi connectivity index (χ1v) is 10.1. The van der Waals surface area contributed by atoms with Gasteiger partial charge in [0.1, 0.15) is 12.4 Å². The lowest BCUT2D eigenvalue weighted by molar-refractivity contribution is 0.301. The van der Waals surface area contributed by atoms with Gasteiger partial charge < -0.3 is 4.74 Å². The van der Waals surface area contributed by atoms with Crippen LogP contribution in [0.15, 0.2) is 46.1 Å². The Balaban J connectivity index is 1.53.